The molecule has 14 heavy (non-hydrogen) atoms. The first-order chi connectivity index (χ1) is 6.88. The van der Waals surface area contributed by atoms with Crippen LogP contribution in [0.25, 0.3) is 0 Å². The molecule has 0 N–H and O–H groups in total. The summed E-state index contributed by atoms with van der Waals surface area (Å²) in [6, 6.07) is 21.5. The van der Waals surface area contributed by atoms with Gasteiger partial charge in [0.1, 0.15) is 0 Å². The zero-order chi connectivity index (χ0) is 9.80. The average molecular weight is 354 g/mol. The summed E-state index contributed by atoms with van der Waals surface area (Å²) in [6.07, 6.45) is 0. The van der Waals surface area contributed by atoms with E-state index in [4.69, 9.17) is 0 Å². The fourth-order valence-corrected chi connectivity index (χ4v) is 9.83. The summed E-state index contributed by atoms with van der Waals surface area (Å²) >= 11 is 2.08. The maximum absolute atomic E-state index is 3.90. The van der Waals surface area contributed by atoms with Gasteiger partial charge in [-0.05, 0) is 0 Å². The van der Waals surface area contributed by atoms with Crippen molar-refractivity contribution in [1.29, 1.82) is 0 Å². The molecule has 2 aromatic rings. The van der Waals surface area contributed by atoms with E-state index in [0.29, 0.717) is 0 Å². The van der Waals surface area contributed by atoms with E-state index in [1.807, 2.05) is 0 Å². The monoisotopic (exact) mass is 354 g/mol. The van der Waals surface area contributed by atoms with Crippen LogP contribution in [0.15, 0.2) is 60.7 Å². The molecule has 0 aliphatic heterocycles. The van der Waals surface area contributed by atoms with Crippen molar-refractivity contribution in [2.24, 2.45) is 0 Å². The Labute approximate surface area is 97.5 Å². The van der Waals surface area contributed by atoms with Gasteiger partial charge in [-0.2, -0.15) is 0 Å². The summed E-state index contributed by atoms with van der Waals surface area (Å²) in [5.74, 6) is 0. The van der Waals surface area contributed by atoms with Crippen LogP contribution in [0.2, 0.25) is 0 Å². The second kappa shape index (κ2) is 4.98. The van der Waals surface area contributed by atoms with E-state index in [-0.39, 0.29) is 0 Å². The van der Waals surface area contributed by atoms with E-state index in [1.54, 1.807) is 0 Å². The first-order valence-electron chi connectivity index (χ1n) is 4.62. The topological polar surface area (TPSA) is 0 Å². The third-order valence-electron chi connectivity index (χ3n) is 2.18. The average Bonchev–Trinajstić information content (AvgIpc) is 2.30. The van der Waals surface area contributed by atoms with Crippen molar-refractivity contribution in [1.82, 2.24) is 0 Å². The Kier molecular flexibility index (Phi) is 3.65. The number of hydrogen-bond acceptors (Lipinski definition) is 0. The third kappa shape index (κ3) is 2.39. The zero-order valence-electron chi connectivity index (χ0n) is 7.73. The second-order valence-electron chi connectivity index (χ2n) is 3.18. The SMILES string of the molecule is [Br][SnH]([c]1ccccc1)[c]1ccccc1. The van der Waals surface area contributed by atoms with Gasteiger partial charge in [-0.25, -0.2) is 0 Å². The van der Waals surface area contributed by atoms with Crippen LogP contribution in [-0.4, -0.2) is 17.5 Å². The van der Waals surface area contributed by atoms with E-state index in [9.17, 15) is 0 Å². The summed E-state index contributed by atoms with van der Waals surface area (Å²) in [7, 11) is 0. The molecule has 0 saturated heterocycles. The summed E-state index contributed by atoms with van der Waals surface area (Å²) in [4.78, 5) is 0. The summed E-state index contributed by atoms with van der Waals surface area (Å²) in [5.41, 5.74) is 0. The maximum atomic E-state index is 3.90. The summed E-state index contributed by atoms with van der Waals surface area (Å²) < 4.78 is 3.00. The Morgan fingerprint density at radius 1 is 0.643 bits per heavy atom. The molecule has 2 heteroatoms. The molecule has 0 atom stereocenters. The number of benzene rings is 2. The third-order valence-corrected chi connectivity index (χ3v) is 14.8. The number of halogens is 1. The number of rotatable bonds is 2. The van der Waals surface area contributed by atoms with Crippen molar-refractivity contribution < 1.29 is 0 Å². The molecular weight excluding hydrogens is 343 g/mol. The van der Waals surface area contributed by atoms with E-state index in [0.717, 1.165) is 0 Å². The molecule has 0 nitrogen and oxygen atoms in total. The molecule has 0 spiro atoms. The van der Waals surface area contributed by atoms with E-state index >= 15 is 0 Å². The van der Waals surface area contributed by atoms with Gasteiger partial charge in [-0.3, -0.25) is 0 Å². The molecule has 70 valence electrons. The van der Waals surface area contributed by atoms with Crippen molar-refractivity contribution in [3.05, 3.63) is 60.7 Å². The molecule has 0 amide bonds. The van der Waals surface area contributed by atoms with Crippen molar-refractivity contribution in [3.8, 4) is 0 Å². The Balaban J connectivity index is 2.30. The van der Waals surface area contributed by atoms with Crippen LogP contribution in [-0.2, 0) is 0 Å². The molecule has 2 aromatic carbocycles. The fourth-order valence-electron chi connectivity index (χ4n) is 1.44. The van der Waals surface area contributed by atoms with Crippen molar-refractivity contribution in [2.75, 3.05) is 0 Å². The summed E-state index contributed by atoms with van der Waals surface area (Å²) in [6.45, 7) is 0. The molecular formula is C12H11BrSn. The predicted octanol–water partition coefficient (Wildman–Crippen LogP) is 1.92. The predicted molar refractivity (Wildman–Crippen MR) is 68.2 cm³/mol. The molecule has 0 unspecified atom stereocenters. The van der Waals surface area contributed by atoms with E-state index < -0.39 is 17.5 Å². The van der Waals surface area contributed by atoms with Gasteiger partial charge in [0.25, 0.3) is 0 Å². The van der Waals surface area contributed by atoms with Crippen molar-refractivity contribution in [3.63, 3.8) is 0 Å². The van der Waals surface area contributed by atoms with Gasteiger partial charge in [-0.1, -0.05) is 0 Å². The zero-order valence-corrected chi connectivity index (χ0v) is 12.6. The fraction of sp³-hybridized carbons (Fsp3) is 0. The van der Waals surface area contributed by atoms with Gasteiger partial charge in [-0.15, -0.1) is 0 Å². The molecule has 0 aliphatic carbocycles. The minimum atomic E-state index is -1.82. The Morgan fingerprint density at radius 3 is 1.36 bits per heavy atom. The van der Waals surface area contributed by atoms with Crippen LogP contribution >= 0.6 is 12.7 Å². The van der Waals surface area contributed by atoms with Crippen LogP contribution in [0, 0.1) is 0 Å². The standard InChI is InChI=1S/2C6H5.BrH.Sn.H/c2*1-2-4-6-5-3-1;;;/h2*1-5H;1H;;/q;;;+1;/p-1. The van der Waals surface area contributed by atoms with Crippen LogP contribution < -0.4 is 7.16 Å². The van der Waals surface area contributed by atoms with E-state index in [2.05, 4.69) is 73.4 Å². The first-order valence-corrected chi connectivity index (χ1v) is 15.3. The first kappa shape index (κ1) is 10.2. The molecule has 0 aliphatic rings. The van der Waals surface area contributed by atoms with Gasteiger partial charge in [0.05, 0.1) is 0 Å². The van der Waals surface area contributed by atoms with Gasteiger partial charge in [0.2, 0.25) is 0 Å². The van der Waals surface area contributed by atoms with Gasteiger partial charge in [0, 0.05) is 0 Å². The van der Waals surface area contributed by atoms with Gasteiger partial charge < -0.3 is 0 Å². The van der Waals surface area contributed by atoms with Crippen LogP contribution in [0.3, 0.4) is 0 Å². The van der Waals surface area contributed by atoms with E-state index in [1.165, 1.54) is 7.16 Å². The Hall–Kier alpha value is -0.281. The minimum absolute atomic E-state index is 1.50. The van der Waals surface area contributed by atoms with Crippen molar-refractivity contribution >= 4 is 37.4 Å². The molecule has 0 saturated carbocycles. The molecule has 0 heterocycles. The number of hydrogen-bond donors (Lipinski definition) is 0. The molecule has 0 aromatic heterocycles. The van der Waals surface area contributed by atoms with Crippen LogP contribution in [0.4, 0.5) is 0 Å². The molecule has 2 rings (SSSR count). The second-order valence-corrected chi connectivity index (χ2v) is 15.2. The van der Waals surface area contributed by atoms with Crippen LogP contribution in [0.5, 0.6) is 0 Å². The van der Waals surface area contributed by atoms with Crippen LogP contribution in [0.1, 0.15) is 0 Å². The normalized spacial score (nSPS) is 10.4. The molecule has 0 fully saturated rings. The summed E-state index contributed by atoms with van der Waals surface area (Å²) in [5, 5.41) is 0. The van der Waals surface area contributed by atoms with Crippen molar-refractivity contribution in [2.45, 2.75) is 0 Å². The Bertz CT molecular complexity index is 346. The molecule has 0 radical (unpaired) electrons. The molecule has 0 bridgehead atoms. The van der Waals surface area contributed by atoms with Gasteiger partial charge in [0.15, 0.2) is 0 Å². The Morgan fingerprint density at radius 2 is 1.00 bits per heavy atom. The van der Waals surface area contributed by atoms with Gasteiger partial charge >= 0.3 is 98.1 Å². The quantitative estimate of drug-likeness (QED) is 0.724.